The summed E-state index contributed by atoms with van der Waals surface area (Å²) in [6.45, 7) is 6.04. The second kappa shape index (κ2) is 12.1. The maximum atomic E-state index is 12.2. The third kappa shape index (κ3) is 8.85. The minimum absolute atomic E-state index is 0.0816. The van der Waals surface area contributed by atoms with Gasteiger partial charge in [-0.3, -0.25) is 9.59 Å². The Hall–Kier alpha value is -1.46. The van der Waals surface area contributed by atoms with Crippen LogP contribution in [-0.4, -0.2) is 39.3 Å². The Morgan fingerprint density at radius 2 is 1.89 bits per heavy atom. The van der Waals surface area contributed by atoms with Gasteiger partial charge in [-0.15, -0.1) is 0 Å². The highest BCUT2D eigenvalue weighted by molar-refractivity contribution is 5.84. The minimum atomic E-state index is -0.772. The molecule has 0 bridgehead atoms. The average molecular weight is 381 g/mol. The summed E-state index contributed by atoms with van der Waals surface area (Å²) in [5.41, 5.74) is 1.22. The van der Waals surface area contributed by atoms with Crippen LogP contribution in [-0.2, 0) is 9.59 Å². The second-order valence-corrected chi connectivity index (χ2v) is 8.14. The number of rotatable bonds is 12. The maximum absolute atomic E-state index is 12.2. The van der Waals surface area contributed by atoms with Gasteiger partial charge in [0.05, 0.1) is 12.2 Å². The highest BCUT2D eigenvalue weighted by Crippen LogP contribution is 2.34. The predicted molar refractivity (Wildman–Crippen MR) is 106 cm³/mol. The highest BCUT2D eigenvalue weighted by atomic mass is 16.4. The van der Waals surface area contributed by atoms with E-state index in [2.05, 4.69) is 6.08 Å². The monoisotopic (exact) mass is 380 g/mol. The van der Waals surface area contributed by atoms with Crippen molar-refractivity contribution in [2.24, 2.45) is 17.8 Å². The van der Waals surface area contributed by atoms with Gasteiger partial charge in [0.2, 0.25) is 0 Å². The molecule has 0 aromatic heterocycles. The lowest BCUT2D eigenvalue weighted by molar-refractivity contribution is -0.137. The number of aliphatic hydroxyl groups excluding tert-OH is 2. The molecule has 0 spiro atoms. The van der Waals surface area contributed by atoms with Gasteiger partial charge in [0.15, 0.2) is 0 Å². The summed E-state index contributed by atoms with van der Waals surface area (Å²) in [5, 5.41) is 29.2. The molecule has 5 atom stereocenters. The summed E-state index contributed by atoms with van der Waals surface area (Å²) in [4.78, 5) is 22.7. The lowest BCUT2D eigenvalue weighted by atomic mass is 9.88. The topological polar surface area (TPSA) is 94.8 Å². The van der Waals surface area contributed by atoms with Crippen LogP contribution in [0.15, 0.2) is 23.8 Å². The normalized spacial score (nSPS) is 24.9. The molecule has 0 heterocycles. The number of hydrogen-bond acceptors (Lipinski definition) is 4. The quantitative estimate of drug-likeness (QED) is 0.353. The zero-order chi connectivity index (χ0) is 20.4. The molecule has 5 nitrogen and oxygen atoms in total. The molecule has 0 aromatic carbocycles. The van der Waals surface area contributed by atoms with Crippen LogP contribution in [0.25, 0.3) is 0 Å². The summed E-state index contributed by atoms with van der Waals surface area (Å²) < 4.78 is 0. The van der Waals surface area contributed by atoms with E-state index in [1.54, 1.807) is 6.08 Å². The third-order valence-corrected chi connectivity index (χ3v) is 5.40. The van der Waals surface area contributed by atoms with Crippen LogP contribution in [0.5, 0.6) is 0 Å². The van der Waals surface area contributed by atoms with Crippen LogP contribution < -0.4 is 0 Å². The van der Waals surface area contributed by atoms with Gasteiger partial charge < -0.3 is 15.3 Å². The van der Waals surface area contributed by atoms with Crippen molar-refractivity contribution in [1.29, 1.82) is 0 Å². The van der Waals surface area contributed by atoms with Crippen LogP contribution in [0.2, 0.25) is 0 Å². The van der Waals surface area contributed by atoms with E-state index in [-0.39, 0.29) is 36.4 Å². The van der Waals surface area contributed by atoms with Gasteiger partial charge in [0, 0.05) is 24.7 Å². The van der Waals surface area contributed by atoms with Gasteiger partial charge in [-0.2, -0.15) is 0 Å². The molecule has 0 amide bonds. The van der Waals surface area contributed by atoms with E-state index in [1.807, 2.05) is 26.8 Å². The van der Waals surface area contributed by atoms with Gasteiger partial charge >= 0.3 is 5.97 Å². The van der Waals surface area contributed by atoms with Crippen LogP contribution in [0.3, 0.4) is 0 Å². The smallest absolute Gasteiger partial charge is 0.303 e. The zero-order valence-corrected chi connectivity index (χ0v) is 16.9. The number of carboxylic acid groups (broad SMARTS) is 1. The third-order valence-electron chi connectivity index (χ3n) is 5.40. The Labute approximate surface area is 163 Å². The van der Waals surface area contributed by atoms with Crippen molar-refractivity contribution in [2.45, 2.75) is 84.3 Å². The van der Waals surface area contributed by atoms with Crippen molar-refractivity contribution in [1.82, 2.24) is 0 Å². The molecule has 27 heavy (non-hydrogen) atoms. The Balaban J connectivity index is 2.51. The molecule has 1 rings (SSSR count). The lowest BCUT2D eigenvalue weighted by Gasteiger charge is -2.19. The Morgan fingerprint density at radius 3 is 2.52 bits per heavy atom. The molecule has 1 aliphatic rings. The van der Waals surface area contributed by atoms with Crippen molar-refractivity contribution in [3.63, 3.8) is 0 Å². The number of aliphatic hydroxyl groups is 2. The van der Waals surface area contributed by atoms with Gasteiger partial charge in [-0.05, 0) is 39.0 Å². The van der Waals surface area contributed by atoms with Crippen LogP contribution in [0.1, 0.15) is 72.1 Å². The first kappa shape index (κ1) is 23.6. The molecule has 0 saturated heterocycles. The largest absolute Gasteiger partial charge is 0.481 e. The van der Waals surface area contributed by atoms with Crippen molar-refractivity contribution in [2.75, 3.05) is 0 Å². The standard InChI is InChI=1S/C22H36O5/c1-15(2)10-11-16(3)19(23)13-12-18-17(20(24)14-21(18)25)8-6-4-5-7-9-22(26)27/h10,12-13,16-19,21,23,25H,4-9,11,14H2,1-3H3,(H,26,27)/b13-12+/t16?,17-,18-,19-,21-/m1/s1. The molecule has 0 aliphatic heterocycles. The molecule has 0 radical (unpaired) electrons. The summed E-state index contributed by atoms with van der Waals surface area (Å²) in [6, 6.07) is 0. The average Bonchev–Trinajstić information content (AvgIpc) is 2.86. The van der Waals surface area contributed by atoms with Crippen molar-refractivity contribution in [3.8, 4) is 0 Å². The van der Waals surface area contributed by atoms with Crippen LogP contribution in [0, 0.1) is 17.8 Å². The fraction of sp³-hybridized carbons (Fsp3) is 0.727. The summed E-state index contributed by atoms with van der Waals surface area (Å²) in [5.74, 6) is -1.03. The Kier molecular flexibility index (Phi) is 10.6. The predicted octanol–water partition coefficient (Wildman–Crippen LogP) is 3.89. The summed E-state index contributed by atoms with van der Waals surface area (Å²) in [7, 11) is 0. The molecule has 5 heteroatoms. The van der Waals surface area contributed by atoms with Gasteiger partial charge in [0.1, 0.15) is 5.78 Å². The van der Waals surface area contributed by atoms with Gasteiger partial charge in [-0.1, -0.05) is 50.0 Å². The molecule has 0 aromatic rings. The number of unbranched alkanes of at least 4 members (excludes halogenated alkanes) is 3. The summed E-state index contributed by atoms with van der Waals surface area (Å²) >= 11 is 0. The number of aliphatic carboxylic acids is 1. The van der Waals surface area contributed by atoms with Gasteiger partial charge in [0.25, 0.3) is 0 Å². The molecule has 1 saturated carbocycles. The van der Waals surface area contributed by atoms with Crippen molar-refractivity contribution < 1.29 is 24.9 Å². The fourth-order valence-electron chi connectivity index (χ4n) is 3.58. The second-order valence-electron chi connectivity index (χ2n) is 8.14. The molecule has 1 fully saturated rings. The number of carboxylic acids is 1. The minimum Gasteiger partial charge on any atom is -0.481 e. The van der Waals surface area contributed by atoms with E-state index < -0.39 is 18.2 Å². The number of Topliss-reactive ketones (excluding diaryl/α,β-unsaturated/α-hetero) is 1. The van der Waals surface area contributed by atoms with Crippen LogP contribution >= 0.6 is 0 Å². The molecule has 3 N–H and O–H groups in total. The molecule has 1 aliphatic carbocycles. The fourth-order valence-corrected chi connectivity index (χ4v) is 3.58. The van der Waals surface area contributed by atoms with E-state index in [4.69, 9.17) is 5.11 Å². The molecule has 1 unspecified atom stereocenters. The van der Waals surface area contributed by atoms with Crippen LogP contribution in [0.4, 0.5) is 0 Å². The SMILES string of the molecule is CC(C)=CCC(C)[C@H](O)/C=C/[C@H]1[C@H](O)CC(=O)[C@@H]1CCCCCCC(=O)O. The van der Waals surface area contributed by atoms with E-state index in [0.29, 0.717) is 12.8 Å². The first-order valence-corrected chi connectivity index (χ1v) is 10.1. The van der Waals surface area contributed by atoms with E-state index in [0.717, 1.165) is 25.7 Å². The number of hydrogen-bond donors (Lipinski definition) is 3. The molecular weight excluding hydrogens is 344 g/mol. The van der Waals surface area contributed by atoms with Gasteiger partial charge in [-0.25, -0.2) is 0 Å². The van der Waals surface area contributed by atoms with E-state index in [9.17, 15) is 19.8 Å². The zero-order valence-electron chi connectivity index (χ0n) is 16.9. The lowest BCUT2D eigenvalue weighted by Crippen LogP contribution is -2.20. The van der Waals surface area contributed by atoms with Crippen molar-refractivity contribution in [3.05, 3.63) is 23.8 Å². The Morgan fingerprint density at radius 1 is 1.22 bits per heavy atom. The number of allylic oxidation sites excluding steroid dienone is 2. The van der Waals surface area contributed by atoms with E-state index in [1.165, 1.54) is 5.57 Å². The van der Waals surface area contributed by atoms with E-state index >= 15 is 0 Å². The number of ketones is 1. The highest BCUT2D eigenvalue weighted by Gasteiger charge is 2.39. The first-order valence-electron chi connectivity index (χ1n) is 10.1. The molecule has 154 valence electrons. The molecular formula is C22H36O5. The summed E-state index contributed by atoms with van der Waals surface area (Å²) in [6.07, 6.45) is 9.52. The Bertz CT molecular complexity index is 533. The maximum Gasteiger partial charge on any atom is 0.303 e. The number of carbonyl (C=O) groups is 2. The van der Waals surface area contributed by atoms with Crippen molar-refractivity contribution >= 4 is 11.8 Å². The first-order chi connectivity index (χ1) is 12.7. The number of carbonyl (C=O) groups excluding carboxylic acids is 1.